The number of hydrogen-bond donors (Lipinski definition) is 0. The standard InChI is InChI=1S/C46H86O6/c1-4-7-10-13-16-19-20-21-22-23-24-25-28-30-33-36-39-45(48)51-42-43(52-46(49)40-37-34-31-27-18-15-12-9-6-3)41-50-44(47)38-35-32-29-26-17-14-11-8-5-2/h27,31,43H,4-26,28-30,32-42H2,1-3H3/b31-27-. The zero-order chi connectivity index (χ0) is 38.0. The van der Waals surface area contributed by atoms with Crippen LogP contribution in [0.25, 0.3) is 0 Å². The van der Waals surface area contributed by atoms with E-state index in [0.29, 0.717) is 19.3 Å². The van der Waals surface area contributed by atoms with Crippen LogP contribution in [0.15, 0.2) is 12.2 Å². The van der Waals surface area contributed by atoms with Gasteiger partial charge in [0.25, 0.3) is 0 Å². The van der Waals surface area contributed by atoms with Crippen LogP contribution in [0, 0.1) is 0 Å². The zero-order valence-corrected chi connectivity index (χ0v) is 34.8. The lowest BCUT2D eigenvalue weighted by atomic mass is 10.0. The van der Waals surface area contributed by atoms with E-state index in [0.717, 1.165) is 51.4 Å². The minimum atomic E-state index is -0.775. The molecular formula is C46H86O6. The Balaban J connectivity index is 4.27. The van der Waals surface area contributed by atoms with Gasteiger partial charge in [0.05, 0.1) is 0 Å². The van der Waals surface area contributed by atoms with E-state index >= 15 is 0 Å². The number of unbranched alkanes of at least 4 members (excludes halogenated alkanes) is 28. The third-order valence-corrected chi connectivity index (χ3v) is 10.0. The Morgan fingerprint density at radius 2 is 0.654 bits per heavy atom. The fourth-order valence-electron chi connectivity index (χ4n) is 6.56. The number of esters is 3. The van der Waals surface area contributed by atoms with E-state index in [4.69, 9.17) is 14.2 Å². The molecule has 0 bridgehead atoms. The fraction of sp³-hybridized carbons (Fsp3) is 0.891. The molecular weight excluding hydrogens is 649 g/mol. The van der Waals surface area contributed by atoms with Gasteiger partial charge in [-0.15, -0.1) is 0 Å². The topological polar surface area (TPSA) is 78.9 Å². The van der Waals surface area contributed by atoms with E-state index in [9.17, 15) is 14.4 Å². The van der Waals surface area contributed by atoms with E-state index < -0.39 is 6.10 Å². The zero-order valence-electron chi connectivity index (χ0n) is 34.8. The van der Waals surface area contributed by atoms with Crippen LogP contribution in [0.1, 0.15) is 245 Å². The van der Waals surface area contributed by atoms with Gasteiger partial charge in [0.2, 0.25) is 0 Å². The van der Waals surface area contributed by atoms with Gasteiger partial charge in [-0.1, -0.05) is 200 Å². The summed E-state index contributed by atoms with van der Waals surface area (Å²) in [5.74, 6) is -0.908. The SMILES string of the molecule is CCCCCC/C=C\CCCC(=O)OC(COC(=O)CCCCCCCCCCC)COC(=O)CCCCCCCCCCCCCCCCCC. The Hall–Kier alpha value is -1.85. The van der Waals surface area contributed by atoms with Gasteiger partial charge in [-0.25, -0.2) is 0 Å². The summed E-state index contributed by atoms with van der Waals surface area (Å²) in [7, 11) is 0. The molecule has 0 aliphatic rings. The molecule has 0 aromatic carbocycles. The van der Waals surface area contributed by atoms with Crippen molar-refractivity contribution < 1.29 is 28.6 Å². The molecule has 0 aliphatic carbocycles. The minimum absolute atomic E-state index is 0.0770. The van der Waals surface area contributed by atoms with Gasteiger partial charge in [-0.2, -0.15) is 0 Å². The second-order valence-corrected chi connectivity index (χ2v) is 15.3. The summed E-state index contributed by atoms with van der Waals surface area (Å²) in [6.07, 6.45) is 43.5. The molecule has 0 saturated carbocycles. The van der Waals surface area contributed by atoms with Crippen molar-refractivity contribution in [2.75, 3.05) is 13.2 Å². The van der Waals surface area contributed by atoms with E-state index in [1.807, 2.05) is 0 Å². The summed E-state index contributed by atoms with van der Waals surface area (Å²) < 4.78 is 16.6. The number of ether oxygens (including phenoxy) is 3. The van der Waals surface area contributed by atoms with Crippen molar-refractivity contribution in [1.82, 2.24) is 0 Å². The summed E-state index contributed by atoms with van der Waals surface area (Å²) in [5, 5.41) is 0. The summed E-state index contributed by atoms with van der Waals surface area (Å²) in [6.45, 7) is 6.57. The van der Waals surface area contributed by atoms with Crippen molar-refractivity contribution in [2.45, 2.75) is 252 Å². The maximum atomic E-state index is 12.6. The van der Waals surface area contributed by atoms with Crippen LogP contribution in [-0.4, -0.2) is 37.2 Å². The smallest absolute Gasteiger partial charge is 0.306 e. The molecule has 0 saturated heterocycles. The molecule has 0 fully saturated rings. The molecule has 0 aliphatic heterocycles. The molecule has 6 heteroatoms. The van der Waals surface area contributed by atoms with Gasteiger partial charge in [0.1, 0.15) is 13.2 Å². The Bertz CT molecular complexity index is 809. The van der Waals surface area contributed by atoms with Gasteiger partial charge in [-0.3, -0.25) is 14.4 Å². The average Bonchev–Trinajstić information content (AvgIpc) is 3.14. The molecule has 0 spiro atoms. The minimum Gasteiger partial charge on any atom is -0.462 e. The molecule has 1 unspecified atom stereocenters. The Labute approximate surface area is 322 Å². The van der Waals surface area contributed by atoms with Gasteiger partial charge in [-0.05, 0) is 38.5 Å². The molecule has 0 aromatic rings. The molecule has 52 heavy (non-hydrogen) atoms. The molecule has 1 atom stereocenters. The number of carbonyl (C=O) groups is 3. The van der Waals surface area contributed by atoms with Gasteiger partial charge >= 0.3 is 17.9 Å². The van der Waals surface area contributed by atoms with Crippen LogP contribution >= 0.6 is 0 Å². The van der Waals surface area contributed by atoms with Crippen molar-refractivity contribution in [2.24, 2.45) is 0 Å². The normalized spacial score (nSPS) is 12.0. The highest BCUT2D eigenvalue weighted by molar-refractivity contribution is 5.71. The van der Waals surface area contributed by atoms with Crippen LogP contribution in [-0.2, 0) is 28.6 Å². The molecule has 0 aromatic heterocycles. The molecule has 0 amide bonds. The summed E-state index contributed by atoms with van der Waals surface area (Å²) in [5.41, 5.74) is 0. The average molecular weight is 735 g/mol. The number of allylic oxidation sites excluding steroid dienone is 2. The molecule has 0 heterocycles. The Morgan fingerprint density at radius 3 is 1.02 bits per heavy atom. The first-order chi connectivity index (χ1) is 25.5. The van der Waals surface area contributed by atoms with Crippen molar-refractivity contribution in [1.29, 1.82) is 0 Å². The second-order valence-electron chi connectivity index (χ2n) is 15.3. The first-order valence-electron chi connectivity index (χ1n) is 22.7. The van der Waals surface area contributed by atoms with Crippen molar-refractivity contribution in [3.05, 3.63) is 12.2 Å². The Kier molecular flexibility index (Phi) is 40.4. The number of rotatable bonds is 41. The van der Waals surface area contributed by atoms with E-state index in [1.165, 1.54) is 148 Å². The molecule has 306 valence electrons. The quantitative estimate of drug-likeness (QED) is 0.0269. The van der Waals surface area contributed by atoms with Crippen LogP contribution in [0.4, 0.5) is 0 Å². The highest BCUT2D eigenvalue weighted by atomic mass is 16.6. The van der Waals surface area contributed by atoms with Crippen LogP contribution in [0.5, 0.6) is 0 Å². The largest absolute Gasteiger partial charge is 0.462 e. The van der Waals surface area contributed by atoms with Crippen molar-refractivity contribution >= 4 is 17.9 Å². The predicted molar refractivity (Wildman–Crippen MR) is 220 cm³/mol. The third-order valence-electron chi connectivity index (χ3n) is 10.0. The lowest BCUT2D eigenvalue weighted by Crippen LogP contribution is -2.30. The fourth-order valence-corrected chi connectivity index (χ4v) is 6.56. The lowest BCUT2D eigenvalue weighted by molar-refractivity contribution is -0.167. The van der Waals surface area contributed by atoms with Gasteiger partial charge < -0.3 is 14.2 Å². The molecule has 0 radical (unpaired) electrons. The predicted octanol–water partition coefficient (Wildman–Crippen LogP) is 14.3. The number of carbonyl (C=O) groups excluding carboxylic acids is 3. The van der Waals surface area contributed by atoms with Crippen molar-refractivity contribution in [3.63, 3.8) is 0 Å². The van der Waals surface area contributed by atoms with E-state index in [-0.39, 0.29) is 37.5 Å². The summed E-state index contributed by atoms with van der Waals surface area (Å²) in [4.78, 5) is 37.5. The van der Waals surface area contributed by atoms with Crippen LogP contribution < -0.4 is 0 Å². The first kappa shape index (κ1) is 50.1. The lowest BCUT2D eigenvalue weighted by Gasteiger charge is -2.18. The summed E-state index contributed by atoms with van der Waals surface area (Å²) >= 11 is 0. The first-order valence-corrected chi connectivity index (χ1v) is 22.7. The van der Waals surface area contributed by atoms with Gasteiger partial charge in [0.15, 0.2) is 6.10 Å². The second kappa shape index (κ2) is 41.9. The highest BCUT2D eigenvalue weighted by Gasteiger charge is 2.19. The third kappa shape index (κ3) is 39.4. The van der Waals surface area contributed by atoms with Gasteiger partial charge in [0, 0.05) is 19.3 Å². The maximum absolute atomic E-state index is 12.6. The Morgan fingerprint density at radius 1 is 0.365 bits per heavy atom. The van der Waals surface area contributed by atoms with Crippen LogP contribution in [0.3, 0.4) is 0 Å². The van der Waals surface area contributed by atoms with E-state index in [1.54, 1.807) is 0 Å². The summed E-state index contributed by atoms with van der Waals surface area (Å²) in [6, 6.07) is 0. The monoisotopic (exact) mass is 735 g/mol. The van der Waals surface area contributed by atoms with Crippen LogP contribution in [0.2, 0.25) is 0 Å². The van der Waals surface area contributed by atoms with E-state index in [2.05, 4.69) is 32.9 Å². The molecule has 6 nitrogen and oxygen atoms in total. The van der Waals surface area contributed by atoms with Crippen molar-refractivity contribution in [3.8, 4) is 0 Å². The number of hydrogen-bond acceptors (Lipinski definition) is 6. The molecule has 0 N–H and O–H groups in total. The highest BCUT2D eigenvalue weighted by Crippen LogP contribution is 2.15. The maximum Gasteiger partial charge on any atom is 0.306 e. The molecule has 0 rings (SSSR count).